The average molecular weight is 375 g/mol. The van der Waals surface area contributed by atoms with Crippen LogP contribution in [0, 0.1) is 19.7 Å². The highest BCUT2D eigenvalue weighted by Crippen LogP contribution is 2.49. The van der Waals surface area contributed by atoms with Gasteiger partial charge in [0.05, 0.1) is 17.2 Å². The minimum atomic E-state index is -0.126. The molecule has 0 saturated heterocycles. The highest BCUT2D eigenvalue weighted by molar-refractivity contribution is 7.11. The number of halogens is 1. The van der Waals surface area contributed by atoms with Gasteiger partial charge in [0.2, 0.25) is 0 Å². The lowest BCUT2D eigenvalue weighted by atomic mass is 9.95. The van der Waals surface area contributed by atoms with Gasteiger partial charge in [-0.2, -0.15) is 0 Å². The van der Waals surface area contributed by atoms with Gasteiger partial charge in [-0.15, -0.1) is 11.3 Å². The lowest BCUT2D eigenvalue weighted by molar-refractivity contribution is 0.572. The number of thiazole rings is 1. The Balaban J connectivity index is 1.60. The number of hydrogen-bond acceptors (Lipinski definition) is 3. The Morgan fingerprint density at radius 3 is 2.65 bits per heavy atom. The summed E-state index contributed by atoms with van der Waals surface area (Å²) < 4.78 is 14.1. The first-order valence-corrected chi connectivity index (χ1v) is 10.1. The Kier molecular flexibility index (Phi) is 5.91. The van der Waals surface area contributed by atoms with Crippen molar-refractivity contribution in [3.05, 3.63) is 51.2 Å². The summed E-state index contributed by atoms with van der Waals surface area (Å²) in [4.78, 5) is 10.5. The quantitative estimate of drug-likeness (QED) is 0.573. The first-order valence-electron chi connectivity index (χ1n) is 9.24. The summed E-state index contributed by atoms with van der Waals surface area (Å²) in [5.74, 6) is 0.684. The minimum absolute atomic E-state index is 0.116. The number of guanidine groups is 1. The summed E-state index contributed by atoms with van der Waals surface area (Å²) in [6.45, 7) is 8.37. The van der Waals surface area contributed by atoms with Gasteiger partial charge in [-0.05, 0) is 45.2 Å². The molecule has 3 rings (SSSR count). The summed E-state index contributed by atoms with van der Waals surface area (Å²) in [5, 5.41) is 7.79. The van der Waals surface area contributed by atoms with Gasteiger partial charge in [0.25, 0.3) is 0 Å². The van der Waals surface area contributed by atoms with Crippen LogP contribution in [0.25, 0.3) is 0 Å². The van der Waals surface area contributed by atoms with E-state index < -0.39 is 0 Å². The zero-order chi connectivity index (χ0) is 18.6. The molecule has 1 aliphatic carbocycles. The van der Waals surface area contributed by atoms with E-state index in [-0.39, 0.29) is 11.2 Å². The summed E-state index contributed by atoms with van der Waals surface area (Å²) in [7, 11) is 0. The molecule has 6 heteroatoms. The fourth-order valence-electron chi connectivity index (χ4n) is 3.23. The molecule has 0 aliphatic heterocycles. The molecule has 2 N–H and O–H groups in total. The van der Waals surface area contributed by atoms with Crippen LogP contribution in [0.2, 0.25) is 0 Å². The average Bonchev–Trinajstić information content (AvgIpc) is 3.33. The second kappa shape index (κ2) is 8.16. The van der Waals surface area contributed by atoms with Crippen LogP contribution in [0.1, 0.15) is 40.9 Å². The molecule has 1 fully saturated rings. The predicted octanol–water partition coefficient (Wildman–Crippen LogP) is 3.73. The van der Waals surface area contributed by atoms with Crippen molar-refractivity contribution < 1.29 is 4.39 Å². The van der Waals surface area contributed by atoms with Gasteiger partial charge in [0, 0.05) is 29.8 Å². The molecule has 1 heterocycles. The van der Waals surface area contributed by atoms with E-state index in [0.717, 1.165) is 54.6 Å². The molecule has 0 atom stereocenters. The van der Waals surface area contributed by atoms with Crippen molar-refractivity contribution in [2.45, 2.75) is 45.4 Å². The predicted molar refractivity (Wildman–Crippen MR) is 107 cm³/mol. The van der Waals surface area contributed by atoms with Gasteiger partial charge in [-0.25, -0.2) is 9.37 Å². The Labute approximate surface area is 159 Å². The molecule has 26 heavy (non-hydrogen) atoms. The van der Waals surface area contributed by atoms with Crippen molar-refractivity contribution in [3.8, 4) is 0 Å². The van der Waals surface area contributed by atoms with Crippen LogP contribution in [0.3, 0.4) is 0 Å². The molecule has 4 nitrogen and oxygen atoms in total. The molecule has 0 amide bonds. The molecule has 1 aromatic heterocycles. The van der Waals surface area contributed by atoms with E-state index in [4.69, 9.17) is 4.99 Å². The highest BCUT2D eigenvalue weighted by atomic mass is 32.1. The van der Waals surface area contributed by atoms with Crippen LogP contribution in [0.15, 0.2) is 29.3 Å². The fraction of sp³-hybridized carbons (Fsp3) is 0.500. The van der Waals surface area contributed by atoms with E-state index in [1.165, 1.54) is 4.88 Å². The Bertz CT molecular complexity index is 780. The van der Waals surface area contributed by atoms with E-state index >= 15 is 0 Å². The molecular weight excluding hydrogens is 347 g/mol. The molecule has 2 aromatic rings. The minimum Gasteiger partial charge on any atom is -0.357 e. The monoisotopic (exact) mass is 374 g/mol. The largest absolute Gasteiger partial charge is 0.357 e. The molecule has 0 radical (unpaired) electrons. The van der Waals surface area contributed by atoms with Gasteiger partial charge in [0.15, 0.2) is 5.96 Å². The number of nitrogens with one attached hydrogen (secondary N) is 2. The molecule has 1 aliphatic rings. The van der Waals surface area contributed by atoms with E-state index in [9.17, 15) is 4.39 Å². The van der Waals surface area contributed by atoms with E-state index in [1.54, 1.807) is 23.5 Å². The van der Waals surface area contributed by atoms with E-state index in [2.05, 4.69) is 29.5 Å². The Morgan fingerprint density at radius 2 is 2.04 bits per heavy atom. The van der Waals surface area contributed by atoms with Gasteiger partial charge in [-0.1, -0.05) is 18.2 Å². The lowest BCUT2D eigenvalue weighted by Gasteiger charge is -2.16. The molecule has 1 aromatic carbocycles. The zero-order valence-electron chi connectivity index (χ0n) is 15.7. The van der Waals surface area contributed by atoms with Crippen LogP contribution < -0.4 is 10.6 Å². The summed E-state index contributed by atoms with van der Waals surface area (Å²) in [5.41, 5.74) is 1.79. The summed E-state index contributed by atoms with van der Waals surface area (Å²) in [6, 6.07) is 7.09. The third-order valence-electron chi connectivity index (χ3n) is 4.83. The van der Waals surface area contributed by atoms with Gasteiger partial charge in [0.1, 0.15) is 5.82 Å². The molecule has 140 valence electrons. The Morgan fingerprint density at radius 1 is 1.27 bits per heavy atom. The van der Waals surface area contributed by atoms with Crippen LogP contribution >= 0.6 is 11.3 Å². The number of aromatic nitrogens is 1. The molecule has 0 unspecified atom stereocenters. The summed E-state index contributed by atoms with van der Waals surface area (Å²) >= 11 is 1.75. The third kappa shape index (κ3) is 4.41. The van der Waals surface area contributed by atoms with E-state index in [1.807, 2.05) is 19.1 Å². The first-order chi connectivity index (χ1) is 12.5. The van der Waals surface area contributed by atoms with Crippen LogP contribution in [0.5, 0.6) is 0 Å². The number of nitrogens with zero attached hydrogens (tertiary/aromatic N) is 2. The van der Waals surface area contributed by atoms with Crippen molar-refractivity contribution in [3.63, 3.8) is 0 Å². The topological polar surface area (TPSA) is 49.3 Å². The van der Waals surface area contributed by atoms with Crippen LogP contribution in [0.4, 0.5) is 4.39 Å². The second-order valence-corrected chi connectivity index (χ2v) is 8.16. The first kappa shape index (κ1) is 18.8. The maximum absolute atomic E-state index is 14.1. The number of aryl methyl sites for hydroxylation is 2. The zero-order valence-corrected chi connectivity index (χ0v) is 16.5. The molecule has 0 bridgehead atoms. The van der Waals surface area contributed by atoms with Crippen molar-refractivity contribution in [1.82, 2.24) is 15.6 Å². The van der Waals surface area contributed by atoms with Gasteiger partial charge in [-0.3, -0.25) is 4.99 Å². The van der Waals surface area contributed by atoms with Crippen molar-refractivity contribution in [2.75, 3.05) is 19.6 Å². The van der Waals surface area contributed by atoms with Crippen molar-refractivity contribution in [1.29, 1.82) is 0 Å². The maximum atomic E-state index is 14.1. The van der Waals surface area contributed by atoms with Gasteiger partial charge >= 0.3 is 0 Å². The fourth-order valence-corrected chi connectivity index (χ4v) is 4.16. The van der Waals surface area contributed by atoms with E-state index in [0.29, 0.717) is 6.54 Å². The SMILES string of the molecule is CCNC(=NCC1(c2ccccc2F)CC1)NCCc1sc(C)nc1C. The number of aliphatic imine (C=N–C) groups is 1. The van der Waals surface area contributed by atoms with Gasteiger partial charge < -0.3 is 10.6 Å². The number of hydrogen-bond donors (Lipinski definition) is 2. The second-order valence-electron chi connectivity index (χ2n) is 6.87. The number of benzene rings is 1. The molecular formula is C20H27FN4S. The van der Waals surface area contributed by atoms with Crippen molar-refractivity contribution >= 4 is 17.3 Å². The van der Waals surface area contributed by atoms with Crippen LogP contribution in [-0.2, 0) is 11.8 Å². The molecule has 0 spiro atoms. The lowest BCUT2D eigenvalue weighted by Crippen LogP contribution is -2.39. The standard InChI is InChI=1S/C20H27FN4S/c1-4-22-19(23-12-9-18-14(2)25-15(3)26-18)24-13-20(10-11-20)16-7-5-6-8-17(16)21/h5-8H,4,9-13H2,1-3H3,(H2,22,23,24). The maximum Gasteiger partial charge on any atom is 0.191 e. The molecule has 1 saturated carbocycles. The summed E-state index contributed by atoms with van der Waals surface area (Å²) in [6.07, 6.45) is 2.92. The number of rotatable bonds is 7. The highest BCUT2D eigenvalue weighted by Gasteiger charge is 2.45. The smallest absolute Gasteiger partial charge is 0.191 e. The van der Waals surface area contributed by atoms with Crippen LogP contribution in [-0.4, -0.2) is 30.6 Å². The Hall–Kier alpha value is -1.95. The van der Waals surface area contributed by atoms with Crippen molar-refractivity contribution in [2.24, 2.45) is 4.99 Å². The normalized spacial score (nSPS) is 15.8. The third-order valence-corrected chi connectivity index (χ3v) is 5.96.